The van der Waals surface area contributed by atoms with Crippen molar-refractivity contribution in [2.75, 3.05) is 13.2 Å². The molecule has 6 nitrogen and oxygen atoms in total. The predicted octanol–water partition coefficient (Wildman–Crippen LogP) is 3.05. The van der Waals surface area contributed by atoms with Crippen LogP contribution in [0.5, 0.6) is 0 Å². The summed E-state index contributed by atoms with van der Waals surface area (Å²) < 4.78 is 5.47. The maximum Gasteiger partial charge on any atom is 0.407 e. The Kier molecular flexibility index (Phi) is 5.39. The van der Waals surface area contributed by atoms with Gasteiger partial charge in [-0.25, -0.2) is 9.89 Å². The van der Waals surface area contributed by atoms with Gasteiger partial charge in [-0.1, -0.05) is 54.5 Å². The van der Waals surface area contributed by atoms with Crippen molar-refractivity contribution in [2.24, 2.45) is 0 Å². The lowest BCUT2D eigenvalue weighted by Gasteiger charge is -2.14. The zero-order valence-electron chi connectivity index (χ0n) is 15.6. The minimum absolute atomic E-state index is 0.0410. The molecule has 0 unspecified atom stereocenters. The summed E-state index contributed by atoms with van der Waals surface area (Å²) in [6.07, 6.45) is -0.0128. The van der Waals surface area contributed by atoms with Crippen molar-refractivity contribution in [3.63, 3.8) is 0 Å². The Morgan fingerprint density at radius 2 is 1.72 bits per heavy atom. The normalized spacial score (nSPS) is 11.7. The lowest BCUT2D eigenvalue weighted by atomic mass is 9.98. The zero-order valence-corrected chi connectivity index (χ0v) is 15.6. The number of rotatable bonds is 4. The molecule has 4 rings (SSSR count). The molecule has 0 radical (unpaired) electrons. The summed E-state index contributed by atoms with van der Waals surface area (Å²) in [6.45, 7) is 0.653. The summed E-state index contributed by atoms with van der Waals surface area (Å²) in [5.41, 5.74) is 4.96. The number of nitrogens with one attached hydrogen (secondary N) is 2. The standard InChI is InChI=1S/C23H19N3O3/c27-22-13-12-16(25-26-22)7-5-6-14-24-23(28)29-15-21-19-10-3-1-8-17(19)18-9-2-4-11-20(18)21/h1-4,8-13,21H,6,14-15H2,(H,24,28)(H,26,27). The van der Waals surface area contributed by atoms with E-state index < -0.39 is 6.09 Å². The number of aromatic nitrogens is 2. The van der Waals surface area contributed by atoms with Gasteiger partial charge in [-0.3, -0.25) is 4.79 Å². The fraction of sp³-hybridized carbons (Fsp3) is 0.174. The molecule has 6 heteroatoms. The molecule has 1 aliphatic rings. The van der Waals surface area contributed by atoms with Crippen LogP contribution in [0.2, 0.25) is 0 Å². The van der Waals surface area contributed by atoms with Crippen molar-refractivity contribution in [3.05, 3.63) is 87.8 Å². The largest absolute Gasteiger partial charge is 0.449 e. The highest BCUT2D eigenvalue weighted by molar-refractivity contribution is 5.79. The number of alkyl carbamates (subject to hydrolysis) is 1. The van der Waals surface area contributed by atoms with Gasteiger partial charge >= 0.3 is 6.09 Å². The van der Waals surface area contributed by atoms with E-state index in [2.05, 4.69) is 51.6 Å². The minimum atomic E-state index is -0.462. The van der Waals surface area contributed by atoms with E-state index >= 15 is 0 Å². The lowest BCUT2D eigenvalue weighted by Crippen LogP contribution is -2.26. The summed E-state index contributed by atoms with van der Waals surface area (Å²) >= 11 is 0. The molecule has 0 fully saturated rings. The molecule has 1 amide bonds. The van der Waals surface area contributed by atoms with Gasteiger partial charge in [0.05, 0.1) is 0 Å². The number of amides is 1. The number of hydrogen-bond donors (Lipinski definition) is 2. The van der Waals surface area contributed by atoms with Gasteiger partial charge in [0, 0.05) is 24.9 Å². The quantitative estimate of drug-likeness (QED) is 0.534. The molecular weight excluding hydrogens is 366 g/mol. The third kappa shape index (κ3) is 4.19. The van der Waals surface area contributed by atoms with Crippen LogP contribution in [0.15, 0.2) is 65.5 Å². The second-order valence-electron chi connectivity index (χ2n) is 6.61. The van der Waals surface area contributed by atoms with E-state index in [1.807, 2.05) is 24.3 Å². The Morgan fingerprint density at radius 1 is 1.03 bits per heavy atom. The summed E-state index contributed by atoms with van der Waals surface area (Å²) in [5.74, 6) is 5.76. The number of H-pyrrole nitrogens is 1. The molecule has 3 aromatic rings. The van der Waals surface area contributed by atoms with Crippen molar-refractivity contribution >= 4 is 6.09 Å². The number of benzene rings is 2. The van der Waals surface area contributed by atoms with Crippen LogP contribution < -0.4 is 10.9 Å². The molecule has 0 saturated carbocycles. The van der Waals surface area contributed by atoms with Gasteiger partial charge in [0.25, 0.3) is 5.56 Å². The summed E-state index contributed by atoms with van der Waals surface area (Å²) in [5, 5.41) is 8.83. The molecule has 1 heterocycles. The summed E-state index contributed by atoms with van der Waals surface area (Å²) in [6, 6.07) is 19.3. The van der Waals surface area contributed by atoms with Crippen molar-refractivity contribution < 1.29 is 9.53 Å². The summed E-state index contributed by atoms with van der Waals surface area (Å²) in [7, 11) is 0. The number of ether oxygens (including phenoxy) is 1. The van der Waals surface area contributed by atoms with E-state index in [0.29, 0.717) is 18.7 Å². The van der Waals surface area contributed by atoms with Crippen LogP contribution in [-0.4, -0.2) is 29.4 Å². The first-order valence-electron chi connectivity index (χ1n) is 9.36. The van der Waals surface area contributed by atoms with Gasteiger partial charge in [0.1, 0.15) is 12.3 Å². The smallest absolute Gasteiger partial charge is 0.407 e. The van der Waals surface area contributed by atoms with Gasteiger partial charge in [-0.2, -0.15) is 5.10 Å². The number of aromatic amines is 1. The lowest BCUT2D eigenvalue weighted by molar-refractivity contribution is 0.143. The average molecular weight is 385 g/mol. The minimum Gasteiger partial charge on any atom is -0.449 e. The summed E-state index contributed by atoms with van der Waals surface area (Å²) in [4.78, 5) is 23.0. The highest BCUT2D eigenvalue weighted by Gasteiger charge is 2.28. The van der Waals surface area contributed by atoms with Crippen molar-refractivity contribution in [2.45, 2.75) is 12.3 Å². The van der Waals surface area contributed by atoms with Gasteiger partial charge in [0.2, 0.25) is 0 Å². The molecule has 1 aliphatic carbocycles. The number of carbonyl (C=O) groups excluding carboxylic acids is 1. The van der Waals surface area contributed by atoms with Crippen molar-refractivity contribution in [1.29, 1.82) is 0 Å². The molecule has 0 bridgehead atoms. The molecule has 0 saturated heterocycles. The SMILES string of the molecule is O=C(NCCC#Cc1ccc(=O)[nH]n1)OCC1c2ccccc2-c2ccccc21. The van der Waals surface area contributed by atoms with E-state index in [1.54, 1.807) is 6.07 Å². The molecule has 0 spiro atoms. The molecule has 2 N–H and O–H groups in total. The topological polar surface area (TPSA) is 84.1 Å². The van der Waals surface area contributed by atoms with E-state index in [9.17, 15) is 9.59 Å². The van der Waals surface area contributed by atoms with E-state index in [1.165, 1.54) is 28.3 Å². The fourth-order valence-corrected chi connectivity index (χ4v) is 3.44. The first-order valence-corrected chi connectivity index (χ1v) is 9.36. The number of hydrogen-bond acceptors (Lipinski definition) is 4. The number of nitrogens with zero attached hydrogens (tertiary/aromatic N) is 1. The highest BCUT2D eigenvalue weighted by Crippen LogP contribution is 2.44. The second kappa shape index (κ2) is 8.44. The van der Waals surface area contributed by atoms with Gasteiger partial charge in [-0.15, -0.1) is 0 Å². The monoisotopic (exact) mass is 385 g/mol. The van der Waals surface area contributed by atoms with Gasteiger partial charge in [0.15, 0.2) is 0 Å². The molecule has 0 aliphatic heterocycles. The molecule has 0 atom stereocenters. The highest BCUT2D eigenvalue weighted by atomic mass is 16.5. The molecule has 29 heavy (non-hydrogen) atoms. The average Bonchev–Trinajstić information content (AvgIpc) is 3.07. The maximum atomic E-state index is 12.1. The van der Waals surface area contributed by atoms with Crippen LogP contribution >= 0.6 is 0 Å². The van der Waals surface area contributed by atoms with E-state index in [0.717, 1.165) is 0 Å². The van der Waals surface area contributed by atoms with Crippen LogP contribution in [-0.2, 0) is 4.74 Å². The van der Waals surface area contributed by atoms with Crippen LogP contribution in [0, 0.1) is 11.8 Å². The van der Waals surface area contributed by atoms with Crippen LogP contribution in [0.3, 0.4) is 0 Å². The molecule has 144 valence electrons. The number of fused-ring (bicyclic) bond motifs is 3. The van der Waals surface area contributed by atoms with Crippen molar-refractivity contribution in [1.82, 2.24) is 15.5 Å². The maximum absolute atomic E-state index is 12.1. The first kappa shape index (κ1) is 18.5. The number of carbonyl (C=O) groups is 1. The third-order valence-electron chi connectivity index (χ3n) is 4.76. The van der Waals surface area contributed by atoms with Crippen LogP contribution in [0.1, 0.15) is 29.2 Å². The first-order chi connectivity index (χ1) is 14.2. The van der Waals surface area contributed by atoms with E-state index in [4.69, 9.17) is 4.74 Å². The molecule has 2 aromatic carbocycles. The third-order valence-corrected chi connectivity index (χ3v) is 4.76. The van der Waals surface area contributed by atoms with E-state index in [-0.39, 0.29) is 18.1 Å². The fourth-order valence-electron chi connectivity index (χ4n) is 3.44. The Morgan fingerprint density at radius 3 is 2.38 bits per heavy atom. The van der Waals surface area contributed by atoms with Gasteiger partial charge < -0.3 is 10.1 Å². The predicted molar refractivity (Wildman–Crippen MR) is 109 cm³/mol. The second-order valence-corrected chi connectivity index (χ2v) is 6.61. The van der Waals surface area contributed by atoms with Crippen LogP contribution in [0.25, 0.3) is 11.1 Å². The Balaban J connectivity index is 1.29. The Bertz CT molecular complexity index is 1090. The van der Waals surface area contributed by atoms with Crippen LogP contribution in [0.4, 0.5) is 4.79 Å². The molecular formula is C23H19N3O3. The zero-order chi connectivity index (χ0) is 20.1. The van der Waals surface area contributed by atoms with Crippen molar-refractivity contribution in [3.8, 4) is 23.0 Å². The molecule has 1 aromatic heterocycles. The van der Waals surface area contributed by atoms with Gasteiger partial charge in [-0.05, 0) is 34.2 Å². The Hall–Kier alpha value is -3.85. The Labute approximate surface area is 167 Å².